The molecule has 1 aromatic carbocycles. The quantitative estimate of drug-likeness (QED) is 0.906. The Balaban J connectivity index is 2.01. The molecule has 2 rings (SSSR count). The highest BCUT2D eigenvalue weighted by Crippen LogP contribution is 2.15. The first-order valence-electron chi connectivity index (χ1n) is 6.23. The number of pyridine rings is 1. The molecular formula is C15H18ClN3. The van der Waals surface area contributed by atoms with Crippen LogP contribution in [0.25, 0.3) is 0 Å². The smallest absolute Gasteiger partial charge is 0.130 e. The van der Waals surface area contributed by atoms with Gasteiger partial charge >= 0.3 is 0 Å². The van der Waals surface area contributed by atoms with E-state index < -0.39 is 0 Å². The van der Waals surface area contributed by atoms with Crippen LogP contribution in [-0.2, 0) is 13.1 Å². The van der Waals surface area contributed by atoms with Gasteiger partial charge in [0.1, 0.15) is 5.82 Å². The third-order valence-electron chi connectivity index (χ3n) is 2.93. The van der Waals surface area contributed by atoms with Gasteiger partial charge in [-0.3, -0.25) is 4.90 Å². The summed E-state index contributed by atoms with van der Waals surface area (Å²) in [7, 11) is 3.99. The summed E-state index contributed by atoms with van der Waals surface area (Å²) in [5.41, 5.74) is 2.45. The second-order valence-corrected chi connectivity index (χ2v) is 5.00. The van der Waals surface area contributed by atoms with Crippen LogP contribution in [-0.4, -0.2) is 24.0 Å². The summed E-state index contributed by atoms with van der Waals surface area (Å²) < 4.78 is 0. The molecule has 0 saturated heterocycles. The SMILES string of the molecule is CNc1ncccc1CN(C)Cc1ccc(Cl)cc1. The van der Waals surface area contributed by atoms with Crippen LogP contribution in [0.1, 0.15) is 11.1 Å². The maximum Gasteiger partial charge on any atom is 0.130 e. The minimum atomic E-state index is 0.774. The van der Waals surface area contributed by atoms with Crippen LogP contribution in [0.3, 0.4) is 0 Å². The number of rotatable bonds is 5. The minimum Gasteiger partial charge on any atom is -0.373 e. The van der Waals surface area contributed by atoms with Crippen molar-refractivity contribution in [3.63, 3.8) is 0 Å². The van der Waals surface area contributed by atoms with Crippen molar-refractivity contribution in [1.29, 1.82) is 0 Å². The molecule has 3 nitrogen and oxygen atoms in total. The highest BCUT2D eigenvalue weighted by atomic mass is 35.5. The maximum atomic E-state index is 5.89. The molecule has 0 unspecified atom stereocenters. The molecule has 0 saturated carbocycles. The summed E-state index contributed by atoms with van der Waals surface area (Å²) in [6.07, 6.45) is 1.80. The fourth-order valence-electron chi connectivity index (χ4n) is 2.04. The van der Waals surface area contributed by atoms with E-state index in [0.717, 1.165) is 23.9 Å². The van der Waals surface area contributed by atoms with E-state index in [1.54, 1.807) is 6.20 Å². The number of nitrogens with one attached hydrogen (secondary N) is 1. The Morgan fingerprint density at radius 1 is 1.16 bits per heavy atom. The van der Waals surface area contributed by atoms with E-state index >= 15 is 0 Å². The zero-order valence-corrected chi connectivity index (χ0v) is 12.0. The summed E-state index contributed by atoms with van der Waals surface area (Å²) in [4.78, 5) is 6.56. The molecule has 100 valence electrons. The Kier molecular flexibility index (Phi) is 4.77. The molecular weight excluding hydrogens is 258 g/mol. The fourth-order valence-corrected chi connectivity index (χ4v) is 2.17. The van der Waals surface area contributed by atoms with Crippen LogP contribution in [0.2, 0.25) is 5.02 Å². The molecule has 1 N–H and O–H groups in total. The predicted molar refractivity (Wildman–Crippen MR) is 80.4 cm³/mol. The van der Waals surface area contributed by atoms with Gasteiger partial charge in [-0.15, -0.1) is 0 Å². The van der Waals surface area contributed by atoms with Gasteiger partial charge in [0.25, 0.3) is 0 Å². The molecule has 0 radical (unpaired) electrons. The summed E-state index contributed by atoms with van der Waals surface area (Å²) >= 11 is 5.89. The van der Waals surface area contributed by atoms with Crippen molar-refractivity contribution in [1.82, 2.24) is 9.88 Å². The molecule has 0 aliphatic heterocycles. The number of hydrogen-bond acceptors (Lipinski definition) is 3. The average Bonchev–Trinajstić information content (AvgIpc) is 2.42. The lowest BCUT2D eigenvalue weighted by molar-refractivity contribution is 0.319. The van der Waals surface area contributed by atoms with Crippen molar-refractivity contribution < 1.29 is 0 Å². The first-order chi connectivity index (χ1) is 9.19. The summed E-state index contributed by atoms with van der Waals surface area (Å²) in [6, 6.07) is 12.0. The van der Waals surface area contributed by atoms with E-state index in [1.807, 2.05) is 25.2 Å². The summed E-state index contributed by atoms with van der Waals surface area (Å²) in [5.74, 6) is 0.936. The molecule has 2 aromatic rings. The van der Waals surface area contributed by atoms with E-state index in [1.165, 1.54) is 11.1 Å². The first kappa shape index (κ1) is 13.8. The molecule has 0 amide bonds. The molecule has 0 spiro atoms. The zero-order valence-electron chi connectivity index (χ0n) is 11.2. The molecule has 0 aliphatic rings. The van der Waals surface area contributed by atoms with Gasteiger partial charge in [0.05, 0.1) is 0 Å². The summed E-state index contributed by atoms with van der Waals surface area (Å²) in [5, 5.41) is 3.89. The lowest BCUT2D eigenvalue weighted by Gasteiger charge is -2.18. The largest absolute Gasteiger partial charge is 0.373 e. The Morgan fingerprint density at radius 3 is 2.58 bits per heavy atom. The number of anilines is 1. The average molecular weight is 276 g/mol. The van der Waals surface area contributed by atoms with Crippen LogP contribution in [0, 0.1) is 0 Å². The lowest BCUT2D eigenvalue weighted by atomic mass is 10.2. The Bertz CT molecular complexity index is 525. The highest BCUT2D eigenvalue weighted by Gasteiger charge is 2.06. The number of aromatic nitrogens is 1. The van der Waals surface area contributed by atoms with Gasteiger partial charge in [0, 0.05) is 36.9 Å². The van der Waals surface area contributed by atoms with Gasteiger partial charge in [-0.05, 0) is 30.8 Å². The molecule has 19 heavy (non-hydrogen) atoms. The van der Waals surface area contributed by atoms with Gasteiger partial charge in [-0.25, -0.2) is 4.98 Å². The van der Waals surface area contributed by atoms with Crippen LogP contribution in [0.15, 0.2) is 42.6 Å². The van der Waals surface area contributed by atoms with Crippen molar-refractivity contribution in [2.45, 2.75) is 13.1 Å². The highest BCUT2D eigenvalue weighted by molar-refractivity contribution is 6.30. The predicted octanol–water partition coefficient (Wildman–Crippen LogP) is 3.41. The molecule has 1 aromatic heterocycles. The molecule has 0 fully saturated rings. The standard InChI is InChI=1S/C15H18ClN3/c1-17-15-13(4-3-9-18-15)11-19(2)10-12-5-7-14(16)8-6-12/h3-9H,10-11H2,1-2H3,(H,17,18). The Labute approximate surface area is 119 Å². The fraction of sp³-hybridized carbons (Fsp3) is 0.267. The second kappa shape index (κ2) is 6.55. The Hall–Kier alpha value is -1.58. The number of nitrogens with zero attached hydrogens (tertiary/aromatic N) is 2. The van der Waals surface area contributed by atoms with E-state index in [9.17, 15) is 0 Å². The van der Waals surface area contributed by atoms with Crippen molar-refractivity contribution in [2.75, 3.05) is 19.4 Å². The van der Waals surface area contributed by atoms with Crippen molar-refractivity contribution >= 4 is 17.4 Å². The number of halogens is 1. The third-order valence-corrected chi connectivity index (χ3v) is 3.19. The van der Waals surface area contributed by atoms with Crippen LogP contribution in [0.4, 0.5) is 5.82 Å². The number of benzene rings is 1. The summed E-state index contributed by atoms with van der Waals surface area (Å²) in [6.45, 7) is 1.74. The van der Waals surface area contributed by atoms with E-state index in [2.05, 4.69) is 40.4 Å². The molecule has 1 heterocycles. The molecule has 0 aliphatic carbocycles. The van der Waals surface area contributed by atoms with E-state index in [4.69, 9.17) is 11.6 Å². The Morgan fingerprint density at radius 2 is 1.89 bits per heavy atom. The minimum absolute atomic E-state index is 0.774. The van der Waals surface area contributed by atoms with Gasteiger partial charge < -0.3 is 5.32 Å². The molecule has 0 atom stereocenters. The van der Waals surface area contributed by atoms with Gasteiger partial charge in [-0.1, -0.05) is 29.8 Å². The van der Waals surface area contributed by atoms with Crippen LogP contribution >= 0.6 is 11.6 Å². The normalized spacial score (nSPS) is 10.7. The van der Waals surface area contributed by atoms with Gasteiger partial charge in [0.2, 0.25) is 0 Å². The van der Waals surface area contributed by atoms with Gasteiger partial charge in [0.15, 0.2) is 0 Å². The number of hydrogen-bond donors (Lipinski definition) is 1. The van der Waals surface area contributed by atoms with Crippen LogP contribution < -0.4 is 5.32 Å². The monoisotopic (exact) mass is 275 g/mol. The maximum absolute atomic E-state index is 5.89. The van der Waals surface area contributed by atoms with Crippen molar-refractivity contribution in [3.05, 3.63) is 58.7 Å². The van der Waals surface area contributed by atoms with E-state index in [0.29, 0.717) is 0 Å². The zero-order chi connectivity index (χ0) is 13.7. The molecule has 0 bridgehead atoms. The van der Waals surface area contributed by atoms with Crippen molar-refractivity contribution in [2.24, 2.45) is 0 Å². The third kappa shape index (κ3) is 3.94. The van der Waals surface area contributed by atoms with Crippen molar-refractivity contribution in [3.8, 4) is 0 Å². The topological polar surface area (TPSA) is 28.2 Å². The van der Waals surface area contributed by atoms with E-state index in [-0.39, 0.29) is 0 Å². The second-order valence-electron chi connectivity index (χ2n) is 4.56. The van der Waals surface area contributed by atoms with Crippen LogP contribution in [0.5, 0.6) is 0 Å². The first-order valence-corrected chi connectivity index (χ1v) is 6.61. The lowest BCUT2D eigenvalue weighted by Crippen LogP contribution is -2.18. The van der Waals surface area contributed by atoms with Gasteiger partial charge in [-0.2, -0.15) is 0 Å². The molecule has 4 heteroatoms.